The van der Waals surface area contributed by atoms with E-state index in [1.165, 1.54) is 32.1 Å². The Labute approximate surface area is 50.3 Å². The van der Waals surface area contributed by atoms with Crippen LogP contribution in [0.1, 0.15) is 32.1 Å². The molecule has 1 spiro atoms. The Balaban J connectivity index is 1.92. The molecule has 0 saturated heterocycles. The molecule has 0 heterocycles. The standard InChI is InChI=1S/C7H13N/c8-6-4-7(5-6)2-1-3-7/h6H,1-5,8H2. The highest BCUT2D eigenvalue weighted by Crippen LogP contribution is 2.54. The zero-order valence-corrected chi connectivity index (χ0v) is 5.19. The minimum absolute atomic E-state index is 0.565. The van der Waals surface area contributed by atoms with Crippen molar-refractivity contribution in [1.29, 1.82) is 0 Å². The van der Waals surface area contributed by atoms with E-state index in [-0.39, 0.29) is 0 Å². The lowest BCUT2D eigenvalue weighted by atomic mass is 9.54. The van der Waals surface area contributed by atoms with E-state index in [2.05, 4.69) is 0 Å². The minimum atomic E-state index is 0.565. The molecule has 0 unspecified atom stereocenters. The molecule has 0 radical (unpaired) electrons. The van der Waals surface area contributed by atoms with Crippen LogP contribution in [0.2, 0.25) is 0 Å². The predicted octanol–water partition coefficient (Wildman–Crippen LogP) is 1.28. The zero-order chi connectivity index (χ0) is 5.61. The van der Waals surface area contributed by atoms with Crippen molar-refractivity contribution in [2.45, 2.75) is 38.1 Å². The second-order valence-corrected chi connectivity index (χ2v) is 3.52. The molecule has 0 amide bonds. The Morgan fingerprint density at radius 2 is 1.88 bits per heavy atom. The van der Waals surface area contributed by atoms with Crippen molar-refractivity contribution in [3.05, 3.63) is 0 Å². The smallest absolute Gasteiger partial charge is 0.00494 e. The molecule has 46 valence electrons. The SMILES string of the molecule is NC1CC2(CCC2)C1. The summed E-state index contributed by atoms with van der Waals surface area (Å²) in [4.78, 5) is 0. The van der Waals surface area contributed by atoms with Crippen LogP contribution in [-0.2, 0) is 0 Å². The van der Waals surface area contributed by atoms with E-state index in [4.69, 9.17) is 5.73 Å². The summed E-state index contributed by atoms with van der Waals surface area (Å²) in [5, 5.41) is 0. The fourth-order valence-corrected chi connectivity index (χ4v) is 2.14. The van der Waals surface area contributed by atoms with Crippen LogP contribution in [-0.4, -0.2) is 6.04 Å². The summed E-state index contributed by atoms with van der Waals surface area (Å²) in [6.07, 6.45) is 7.06. The van der Waals surface area contributed by atoms with Gasteiger partial charge >= 0.3 is 0 Å². The minimum Gasteiger partial charge on any atom is -0.328 e. The van der Waals surface area contributed by atoms with Crippen molar-refractivity contribution in [2.24, 2.45) is 11.1 Å². The van der Waals surface area contributed by atoms with E-state index in [1.54, 1.807) is 0 Å². The van der Waals surface area contributed by atoms with Crippen molar-refractivity contribution >= 4 is 0 Å². The third kappa shape index (κ3) is 0.455. The van der Waals surface area contributed by atoms with Gasteiger partial charge in [0.05, 0.1) is 0 Å². The van der Waals surface area contributed by atoms with Gasteiger partial charge in [-0.25, -0.2) is 0 Å². The molecular weight excluding hydrogens is 98.1 g/mol. The largest absolute Gasteiger partial charge is 0.328 e. The van der Waals surface area contributed by atoms with E-state index in [0.29, 0.717) is 6.04 Å². The first-order valence-corrected chi connectivity index (χ1v) is 3.56. The Bertz CT molecular complexity index is 97.0. The second kappa shape index (κ2) is 1.27. The fraction of sp³-hybridized carbons (Fsp3) is 1.00. The lowest BCUT2D eigenvalue weighted by Crippen LogP contribution is -2.49. The van der Waals surface area contributed by atoms with E-state index in [9.17, 15) is 0 Å². The zero-order valence-electron chi connectivity index (χ0n) is 5.19. The molecule has 2 aliphatic rings. The van der Waals surface area contributed by atoms with Gasteiger partial charge in [0, 0.05) is 6.04 Å². The molecule has 0 aromatic rings. The van der Waals surface area contributed by atoms with E-state index < -0.39 is 0 Å². The van der Waals surface area contributed by atoms with Gasteiger partial charge in [0.25, 0.3) is 0 Å². The molecule has 2 rings (SSSR count). The van der Waals surface area contributed by atoms with Crippen LogP contribution in [0, 0.1) is 5.41 Å². The van der Waals surface area contributed by atoms with Gasteiger partial charge in [-0.15, -0.1) is 0 Å². The van der Waals surface area contributed by atoms with Crippen molar-refractivity contribution in [3.63, 3.8) is 0 Å². The van der Waals surface area contributed by atoms with Crippen LogP contribution in [0.5, 0.6) is 0 Å². The van der Waals surface area contributed by atoms with Gasteiger partial charge < -0.3 is 5.73 Å². The summed E-state index contributed by atoms with van der Waals surface area (Å²) < 4.78 is 0. The van der Waals surface area contributed by atoms with Crippen LogP contribution in [0.4, 0.5) is 0 Å². The van der Waals surface area contributed by atoms with Gasteiger partial charge in [0.1, 0.15) is 0 Å². The first-order chi connectivity index (χ1) is 3.81. The summed E-state index contributed by atoms with van der Waals surface area (Å²) in [7, 11) is 0. The monoisotopic (exact) mass is 111 g/mol. The summed E-state index contributed by atoms with van der Waals surface area (Å²) >= 11 is 0. The average Bonchev–Trinajstić information content (AvgIpc) is 1.51. The van der Waals surface area contributed by atoms with Crippen molar-refractivity contribution < 1.29 is 0 Å². The number of hydrogen-bond acceptors (Lipinski definition) is 1. The van der Waals surface area contributed by atoms with Crippen LogP contribution in [0.3, 0.4) is 0 Å². The summed E-state index contributed by atoms with van der Waals surface area (Å²) in [6, 6.07) is 0.565. The molecule has 8 heavy (non-hydrogen) atoms. The van der Waals surface area contributed by atoms with Crippen LogP contribution >= 0.6 is 0 Å². The van der Waals surface area contributed by atoms with E-state index in [0.717, 1.165) is 5.41 Å². The van der Waals surface area contributed by atoms with Gasteiger partial charge in [0.15, 0.2) is 0 Å². The highest BCUT2D eigenvalue weighted by atomic mass is 14.7. The number of rotatable bonds is 0. The first-order valence-electron chi connectivity index (χ1n) is 3.56. The van der Waals surface area contributed by atoms with Gasteiger partial charge in [-0.2, -0.15) is 0 Å². The predicted molar refractivity (Wildman–Crippen MR) is 33.5 cm³/mol. The number of hydrogen-bond donors (Lipinski definition) is 1. The Morgan fingerprint density at radius 3 is 2.00 bits per heavy atom. The Morgan fingerprint density at radius 1 is 1.25 bits per heavy atom. The maximum Gasteiger partial charge on any atom is 0.00494 e. The molecule has 2 aliphatic carbocycles. The van der Waals surface area contributed by atoms with Crippen LogP contribution in [0.25, 0.3) is 0 Å². The average molecular weight is 111 g/mol. The van der Waals surface area contributed by atoms with Crippen molar-refractivity contribution in [2.75, 3.05) is 0 Å². The summed E-state index contributed by atoms with van der Waals surface area (Å²) in [6.45, 7) is 0. The van der Waals surface area contributed by atoms with Gasteiger partial charge in [-0.1, -0.05) is 6.42 Å². The normalized spacial score (nSPS) is 34.1. The van der Waals surface area contributed by atoms with Crippen LogP contribution in [0.15, 0.2) is 0 Å². The van der Waals surface area contributed by atoms with E-state index in [1.807, 2.05) is 0 Å². The van der Waals surface area contributed by atoms with E-state index >= 15 is 0 Å². The molecule has 0 bridgehead atoms. The fourth-order valence-electron chi connectivity index (χ4n) is 2.14. The highest BCUT2D eigenvalue weighted by molar-refractivity contribution is 5.00. The summed E-state index contributed by atoms with van der Waals surface area (Å²) in [5.74, 6) is 0. The molecule has 0 atom stereocenters. The third-order valence-corrected chi connectivity index (χ3v) is 2.80. The molecule has 0 aliphatic heterocycles. The van der Waals surface area contributed by atoms with Gasteiger partial charge in [0.2, 0.25) is 0 Å². The van der Waals surface area contributed by atoms with Crippen molar-refractivity contribution in [1.82, 2.24) is 0 Å². The lowest BCUT2D eigenvalue weighted by Gasteiger charge is -2.53. The topological polar surface area (TPSA) is 26.0 Å². The first kappa shape index (κ1) is 4.80. The second-order valence-electron chi connectivity index (χ2n) is 3.52. The van der Waals surface area contributed by atoms with Crippen molar-refractivity contribution in [3.8, 4) is 0 Å². The van der Waals surface area contributed by atoms with Gasteiger partial charge in [-0.3, -0.25) is 0 Å². The maximum atomic E-state index is 5.66. The molecule has 0 aromatic heterocycles. The maximum absolute atomic E-state index is 5.66. The molecule has 1 heteroatoms. The Hall–Kier alpha value is -0.0400. The molecule has 1 nitrogen and oxygen atoms in total. The highest BCUT2D eigenvalue weighted by Gasteiger charge is 2.46. The van der Waals surface area contributed by atoms with Gasteiger partial charge in [-0.05, 0) is 31.1 Å². The quantitative estimate of drug-likeness (QED) is 0.500. The molecule has 0 aromatic carbocycles. The number of nitrogens with two attached hydrogens (primary N) is 1. The lowest BCUT2D eigenvalue weighted by molar-refractivity contribution is 0.0121. The molecule has 2 saturated carbocycles. The summed E-state index contributed by atoms with van der Waals surface area (Å²) in [5.41, 5.74) is 6.45. The van der Waals surface area contributed by atoms with Crippen LogP contribution < -0.4 is 5.73 Å². The molecule has 2 N–H and O–H groups in total. The Kier molecular flexibility index (Phi) is 0.762. The third-order valence-electron chi connectivity index (χ3n) is 2.80. The molecule has 2 fully saturated rings. The molecular formula is C7H13N.